The van der Waals surface area contributed by atoms with Gasteiger partial charge in [-0.2, -0.15) is 3.89 Å². The fraction of sp³-hybridized carbons (Fsp3) is 0.0667. The molecule has 0 saturated carbocycles. The first kappa shape index (κ1) is 12.9. The van der Waals surface area contributed by atoms with Crippen LogP contribution >= 0.6 is 12.1 Å². The molecular weight excluding hydrogens is 273 g/mol. The van der Waals surface area contributed by atoms with E-state index in [-0.39, 0.29) is 12.1 Å². The Bertz CT molecular complexity index is 761. The van der Waals surface area contributed by atoms with Gasteiger partial charge in [-0.25, -0.2) is 4.98 Å². The molecular formula is C15H12FN3S. The molecule has 0 radical (unpaired) electrons. The highest BCUT2D eigenvalue weighted by Crippen LogP contribution is 2.25. The summed E-state index contributed by atoms with van der Waals surface area (Å²) in [5.74, 6) is 0.629. The first-order valence-electron chi connectivity index (χ1n) is 6.13. The lowest BCUT2D eigenvalue weighted by Gasteiger charge is -2.08. The zero-order chi connectivity index (χ0) is 13.9. The smallest absolute Gasteiger partial charge is 0.134 e. The Morgan fingerprint density at radius 1 is 1.10 bits per heavy atom. The summed E-state index contributed by atoms with van der Waals surface area (Å²) in [7, 11) is 0. The van der Waals surface area contributed by atoms with Crippen LogP contribution in [0.5, 0.6) is 0 Å². The molecule has 0 spiro atoms. The van der Waals surface area contributed by atoms with E-state index in [1.54, 1.807) is 6.20 Å². The molecule has 0 aliphatic rings. The van der Waals surface area contributed by atoms with Gasteiger partial charge in [-0.15, -0.1) is 0 Å². The van der Waals surface area contributed by atoms with Crippen molar-refractivity contribution in [3.8, 4) is 0 Å². The number of aromatic nitrogens is 2. The van der Waals surface area contributed by atoms with Gasteiger partial charge < -0.3 is 5.32 Å². The number of aryl methyl sites for hydroxylation is 1. The van der Waals surface area contributed by atoms with Gasteiger partial charge in [0.25, 0.3) is 0 Å². The lowest BCUT2D eigenvalue weighted by atomic mass is 10.1. The topological polar surface area (TPSA) is 37.8 Å². The first-order valence-corrected chi connectivity index (χ1v) is 6.85. The molecule has 0 fully saturated rings. The van der Waals surface area contributed by atoms with Crippen LogP contribution in [-0.2, 0) is 0 Å². The third-order valence-corrected chi connectivity index (χ3v) is 3.60. The summed E-state index contributed by atoms with van der Waals surface area (Å²) >= 11 is 0.163. The van der Waals surface area contributed by atoms with Gasteiger partial charge in [-0.3, -0.25) is 4.98 Å². The molecule has 2 heterocycles. The molecule has 1 aromatic carbocycles. The standard InChI is InChI=1S/C15H12FN3S/c1-10-2-5-14(19-15(10)20-16)18-13-4-3-12-9-17-7-6-11(12)8-13/h2-9H,1H3,(H,18,19). The number of anilines is 2. The Labute approximate surface area is 120 Å². The lowest BCUT2D eigenvalue weighted by Crippen LogP contribution is -1.95. The number of benzene rings is 1. The van der Waals surface area contributed by atoms with Crippen molar-refractivity contribution in [2.45, 2.75) is 11.9 Å². The van der Waals surface area contributed by atoms with Gasteiger partial charge in [0.2, 0.25) is 0 Å². The van der Waals surface area contributed by atoms with Crippen LogP contribution in [0, 0.1) is 6.92 Å². The second-order valence-electron chi connectivity index (χ2n) is 4.46. The molecule has 0 bridgehead atoms. The number of nitrogens with one attached hydrogen (secondary N) is 1. The number of halogens is 1. The van der Waals surface area contributed by atoms with E-state index in [9.17, 15) is 3.89 Å². The third-order valence-electron chi connectivity index (χ3n) is 3.04. The van der Waals surface area contributed by atoms with Crippen LogP contribution in [0.4, 0.5) is 15.4 Å². The normalized spacial score (nSPS) is 10.7. The number of hydrogen-bond donors (Lipinski definition) is 1. The maximum atomic E-state index is 12.7. The van der Waals surface area contributed by atoms with E-state index in [2.05, 4.69) is 15.3 Å². The second kappa shape index (κ2) is 5.46. The van der Waals surface area contributed by atoms with Gasteiger partial charge in [-0.1, -0.05) is 12.1 Å². The average Bonchev–Trinajstić information content (AvgIpc) is 2.49. The maximum Gasteiger partial charge on any atom is 0.134 e. The molecule has 20 heavy (non-hydrogen) atoms. The van der Waals surface area contributed by atoms with Crippen molar-refractivity contribution in [2.75, 3.05) is 5.32 Å². The van der Waals surface area contributed by atoms with Gasteiger partial charge in [0.1, 0.15) is 23.0 Å². The molecule has 0 amide bonds. The van der Waals surface area contributed by atoms with Crippen molar-refractivity contribution in [1.29, 1.82) is 0 Å². The molecule has 2 aromatic heterocycles. The molecule has 0 aliphatic carbocycles. The minimum absolute atomic E-state index is 0.163. The number of fused-ring (bicyclic) bond motifs is 1. The molecule has 3 aromatic rings. The van der Waals surface area contributed by atoms with Crippen LogP contribution in [-0.4, -0.2) is 9.97 Å². The number of pyridine rings is 2. The Kier molecular flexibility index (Phi) is 3.52. The molecule has 5 heteroatoms. The summed E-state index contributed by atoms with van der Waals surface area (Å²) in [5.41, 5.74) is 1.74. The summed E-state index contributed by atoms with van der Waals surface area (Å²) in [4.78, 5) is 8.31. The minimum atomic E-state index is 0.163. The van der Waals surface area contributed by atoms with E-state index in [1.807, 2.05) is 49.5 Å². The Morgan fingerprint density at radius 2 is 2.00 bits per heavy atom. The van der Waals surface area contributed by atoms with Gasteiger partial charge in [0, 0.05) is 23.5 Å². The zero-order valence-electron chi connectivity index (χ0n) is 10.8. The fourth-order valence-corrected chi connectivity index (χ4v) is 2.29. The molecule has 0 atom stereocenters. The van der Waals surface area contributed by atoms with Gasteiger partial charge in [0.05, 0.1) is 0 Å². The lowest BCUT2D eigenvalue weighted by molar-refractivity contribution is 0.914. The third kappa shape index (κ3) is 2.58. The van der Waals surface area contributed by atoms with Crippen molar-refractivity contribution >= 4 is 34.4 Å². The van der Waals surface area contributed by atoms with Crippen LogP contribution < -0.4 is 5.32 Å². The van der Waals surface area contributed by atoms with Gasteiger partial charge in [0.15, 0.2) is 0 Å². The van der Waals surface area contributed by atoms with Crippen LogP contribution in [0.1, 0.15) is 5.56 Å². The van der Waals surface area contributed by atoms with E-state index < -0.39 is 0 Å². The van der Waals surface area contributed by atoms with Crippen LogP contribution in [0.15, 0.2) is 53.8 Å². The highest BCUT2D eigenvalue weighted by molar-refractivity contribution is 7.94. The Balaban J connectivity index is 1.92. The highest BCUT2D eigenvalue weighted by Gasteiger charge is 2.04. The number of nitrogens with zero attached hydrogens (tertiary/aromatic N) is 2. The summed E-state index contributed by atoms with van der Waals surface area (Å²) in [5, 5.41) is 5.75. The SMILES string of the molecule is Cc1ccc(Nc2ccc3cnccc3c2)nc1SF. The number of hydrogen-bond acceptors (Lipinski definition) is 4. The van der Waals surface area contributed by atoms with Gasteiger partial charge in [-0.05, 0) is 42.1 Å². The predicted molar refractivity (Wildman–Crippen MR) is 81.0 cm³/mol. The molecule has 3 rings (SSSR count). The van der Waals surface area contributed by atoms with Crippen molar-refractivity contribution in [3.05, 3.63) is 54.4 Å². The quantitative estimate of drug-likeness (QED) is 0.759. The van der Waals surface area contributed by atoms with Crippen molar-refractivity contribution < 1.29 is 3.89 Å². The highest BCUT2D eigenvalue weighted by atomic mass is 32.2. The predicted octanol–water partition coefficient (Wildman–Crippen LogP) is 4.66. The van der Waals surface area contributed by atoms with E-state index in [0.29, 0.717) is 10.8 Å². The molecule has 0 aliphatic heterocycles. The van der Waals surface area contributed by atoms with Crippen molar-refractivity contribution in [1.82, 2.24) is 9.97 Å². The monoisotopic (exact) mass is 285 g/mol. The van der Waals surface area contributed by atoms with Crippen molar-refractivity contribution in [2.24, 2.45) is 0 Å². The first-order chi connectivity index (χ1) is 9.76. The van der Waals surface area contributed by atoms with Crippen LogP contribution in [0.25, 0.3) is 10.8 Å². The van der Waals surface area contributed by atoms with E-state index in [4.69, 9.17) is 0 Å². The van der Waals surface area contributed by atoms with Crippen molar-refractivity contribution in [3.63, 3.8) is 0 Å². The van der Waals surface area contributed by atoms with E-state index in [1.165, 1.54) is 0 Å². The van der Waals surface area contributed by atoms with E-state index >= 15 is 0 Å². The summed E-state index contributed by atoms with van der Waals surface area (Å²) < 4.78 is 12.7. The molecule has 1 N–H and O–H groups in total. The maximum absolute atomic E-state index is 12.7. The molecule has 0 saturated heterocycles. The molecule has 100 valence electrons. The molecule has 0 unspecified atom stereocenters. The Morgan fingerprint density at radius 3 is 2.85 bits per heavy atom. The van der Waals surface area contributed by atoms with Crippen LogP contribution in [0.3, 0.4) is 0 Å². The fourth-order valence-electron chi connectivity index (χ4n) is 1.97. The largest absolute Gasteiger partial charge is 0.340 e. The summed E-state index contributed by atoms with van der Waals surface area (Å²) in [6.45, 7) is 1.84. The average molecular weight is 285 g/mol. The molecule has 3 nitrogen and oxygen atoms in total. The minimum Gasteiger partial charge on any atom is -0.340 e. The number of rotatable bonds is 3. The van der Waals surface area contributed by atoms with Gasteiger partial charge >= 0.3 is 0 Å². The second-order valence-corrected chi connectivity index (χ2v) is 5.00. The van der Waals surface area contributed by atoms with Crippen LogP contribution in [0.2, 0.25) is 0 Å². The van der Waals surface area contributed by atoms with E-state index in [0.717, 1.165) is 22.0 Å². The zero-order valence-corrected chi connectivity index (χ0v) is 11.6. The summed E-state index contributed by atoms with van der Waals surface area (Å²) in [6.07, 6.45) is 3.58. The Hall–Kier alpha value is -2.14. The summed E-state index contributed by atoms with van der Waals surface area (Å²) in [6, 6.07) is 11.6.